The van der Waals surface area contributed by atoms with E-state index in [4.69, 9.17) is 9.47 Å². The number of benzene rings is 1. The Labute approximate surface area is 142 Å². The molecule has 1 aliphatic heterocycles. The van der Waals surface area contributed by atoms with Crippen LogP contribution in [0.15, 0.2) is 40.8 Å². The van der Waals surface area contributed by atoms with Crippen molar-refractivity contribution >= 4 is 17.7 Å². The number of ether oxygens (including phenoxy) is 2. The number of thioether (sulfide) groups is 1. The predicted octanol–water partition coefficient (Wildman–Crippen LogP) is 3.28. The van der Waals surface area contributed by atoms with E-state index in [0.29, 0.717) is 25.4 Å². The van der Waals surface area contributed by atoms with Crippen molar-refractivity contribution in [2.45, 2.75) is 37.3 Å². The average molecular weight is 335 g/mol. The molecule has 0 bridgehead atoms. The van der Waals surface area contributed by atoms with Gasteiger partial charge >= 0.3 is 0 Å². The first-order valence-electron chi connectivity index (χ1n) is 7.88. The maximum absolute atomic E-state index is 12.4. The maximum atomic E-state index is 12.4. The molecule has 5 heteroatoms. The van der Waals surface area contributed by atoms with Crippen molar-refractivity contribution < 1.29 is 14.3 Å². The molecule has 1 fully saturated rings. The zero-order valence-electron chi connectivity index (χ0n) is 14.0. The summed E-state index contributed by atoms with van der Waals surface area (Å²) in [6.07, 6.45) is 4.72. The molecule has 0 saturated carbocycles. The minimum Gasteiger partial charge on any atom is -0.379 e. The Balaban J connectivity index is 1.94. The van der Waals surface area contributed by atoms with Gasteiger partial charge in [0.15, 0.2) is 0 Å². The molecule has 23 heavy (non-hydrogen) atoms. The SMILES string of the molecule is CSc1ccc(C(=O)N[C@@H]2CCOC[C@H]2OCC=C(C)C)cc1. The van der Waals surface area contributed by atoms with Crippen LogP contribution < -0.4 is 5.32 Å². The van der Waals surface area contributed by atoms with Gasteiger partial charge in [0.2, 0.25) is 0 Å². The Morgan fingerprint density at radius 3 is 2.78 bits per heavy atom. The van der Waals surface area contributed by atoms with Crippen LogP contribution in [0.4, 0.5) is 0 Å². The lowest BCUT2D eigenvalue weighted by atomic mass is 10.1. The highest BCUT2D eigenvalue weighted by Gasteiger charge is 2.28. The molecular formula is C18H25NO3S. The fourth-order valence-corrected chi connectivity index (χ4v) is 2.78. The summed E-state index contributed by atoms with van der Waals surface area (Å²) in [5, 5.41) is 3.09. The van der Waals surface area contributed by atoms with Crippen molar-refractivity contribution in [2.75, 3.05) is 26.1 Å². The predicted molar refractivity (Wildman–Crippen MR) is 94.1 cm³/mol. The van der Waals surface area contributed by atoms with E-state index in [2.05, 4.69) is 5.32 Å². The number of nitrogens with one attached hydrogen (secondary N) is 1. The molecule has 1 amide bonds. The molecule has 1 saturated heterocycles. The number of amides is 1. The summed E-state index contributed by atoms with van der Waals surface area (Å²) < 4.78 is 11.3. The zero-order valence-corrected chi connectivity index (χ0v) is 14.8. The first-order chi connectivity index (χ1) is 11.1. The zero-order chi connectivity index (χ0) is 16.7. The average Bonchev–Trinajstić information content (AvgIpc) is 2.56. The van der Waals surface area contributed by atoms with E-state index in [1.165, 1.54) is 5.57 Å². The Kier molecular flexibility index (Phi) is 7.15. The van der Waals surface area contributed by atoms with Crippen LogP contribution in [0.25, 0.3) is 0 Å². The van der Waals surface area contributed by atoms with Gasteiger partial charge < -0.3 is 14.8 Å². The largest absolute Gasteiger partial charge is 0.379 e. The number of rotatable bonds is 6. The van der Waals surface area contributed by atoms with Crippen LogP contribution in [0, 0.1) is 0 Å². The second-order valence-corrected chi connectivity index (χ2v) is 6.70. The topological polar surface area (TPSA) is 47.6 Å². The van der Waals surface area contributed by atoms with Gasteiger partial charge in [-0.15, -0.1) is 11.8 Å². The third kappa shape index (κ3) is 5.68. The van der Waals surface area contributed by atoms with Crippen LogP contribution in [0.1, 0.15) is 30.6 Å². The van der Waals surface area contributed by atoms with Crippen LogP contribution in [0.5, 0.6) is 0 Å². The summed E-state index contributed by atoms with van der Waals surface area (Å²) in [7, 11) is 0. The molecule has 2 rings (SSSR count). The molecule has 1 aliphatic rings. The molecule has 4 nitrogen and oxygen atoms in total. The normalized spacial score (nSPS) is 20.8. The molecule has 2 atom stereocenters. The molecule has 1 aromatic rings. The van der Waals surface area contributed by atoms with Crippen molar-refractivity contribution in [3.8, 4) is 0 Å². The lowest BCUT2D eigenvalue weighted by Crippen LogP contribution is -2.50. The Bertz CT molecular complexity index is 538. The summed E-state index contributed by atoms with van der Waals surface area (Å²) in [6, 6.07) is 7.64. The number of carbonyl (C=O) groups is 1. The number of hydrogen-bond donors (Lipinski definition) is 1. The third-order valence-corrected chi connectivity index (χ3v) is 4.52. The highest BCUT2D eigenvalue weighted by Crippen LogP contribution is 2.16. The molecular weight excluding hydrogens is 310 g/mol. The van der Waals surface area contributed by atoms with Crippen molar-refractivity contribution in [1.29, 1.82) is 0 Å². The number of carbonyl (C=O) groups excluding carboxylic acids is 1. The van der Waals surface area contributed by atoms with Crippen molar-refractivity contribution in [2.24, 2.45) is 0 Å². The van der Waals surface area contributed by atoms with Gasteiger partial charge in [-0.3, -0.25) is 4.79 Å². The lowest BCUT2D eigenvalue weighted by Gasteiger charge is -2.31. The molecule has 1 aromatic carbocycles. The highest BCUT2D eigenvalue weighted by molar-refractivity contribution is 7.98. The van der Waals surface area contributed by atoms with E-state index in [1.54, 1.807) is 11.8 Å². The molecule has 126 valence electrons. The van der Waals surface area contributed by atoms with Crippen molar-refractivity contribution in [3.05, 3.63) is 41.5 Å². The second kappa shape index (κ2) is 9.11. The van der Waals surface area contributed by atoms with Crippen LogP contribution in [0.3, 0.4) is 0 Å². The fourth-order valence-electron chi connectivity index (χ4n) is 2.37. The van der Waals surface area contributed by atoms with Gasteiger partial charge in [0.25, 0.3) is 5.91 Å². The summed E-state index contributed by atoms with van der Waals surface area (Å²) in [4.78, 5) is 13.6. The standard InChI is InChI=1S/C18H25NO3S/c1-13(2)8-11-22-17-12-21-10-9-16(17)19-18(20)14-4-6-15(23-3)7-5-14/h4-8,16-17H,9-12H2,1-3H3,(H,19,20)/t16-,17-/m1/s1. The number of hydrogen-bond acceptors (Lipinski definition) is 4. The van der Waals surface area contributed by atoms with E-state index >= 15 is 0 Å². The molecule has 0 aromatic heterocycles. The molecule has 1 heterocycles. The highest BCUT2D eigenvalue weighted by atomic mass is 32.2. The Hall–Kier alpha value is -1.30. The van der Waals surface area contributed by atoms with E-state index in [9.17, 15) is 4.79 Å². The van der Waals surface area contributed by atoms with Gasteiger partial charge in [-0.1, -0.05) is 11.6 Å². The lowest BCUT2D eigenvalue weighted by molar-refractivity contribution is -0.0589. The smallest absolute Gasteiger partial charge is 0.251 e. The molecule has 0 spiro atoms. The van der Waals surface area contributed by atoms with E-state index < -0.39 is 0 Å². The van der Waals surface area contributed by atoms with Gasteiger partial charge in [0.05, 0.1) is 19.3 Å². The first kappa shape index (κ1) is 18.0. The summed E-state index contributed by atoms with van der Waals surface area (Å²) in [5.74, 6) is -0.0552. The van der Waals surface area contributed by atoms with Gasteiger partial charge in [-0.2, -0.15) is 0 Å². The molecule has 0 radical (unpaired) electrons. The van der Waals surface area contributed by atoms with Crippen LogP contribution in [-0.2, 0) is 9.47 Å². The minimum absolute atomic E-state index is 0.0120. The van der Waals surface area contributed by atoms with E-state index in [-0.39, 0.29) is 18.1 Å². The molecule has 0 unspecified atom stereocenters. The van der Waals surface area contributed by atoms with Gasteiger partial charge in [-0.05, 0) is 50.8 Å². The second-order valence-electron chi connectivity index (χ2n) is 5.83. The van der Waals surface area contributed by atoms with Crippen LogP contribution in [-0.4, -0.2) is 44.1 Å². The fraction of sp³-hybridized carbons (Fsp3) is 0.500. The van der Waals surface area contributed by atoms with Gasteiger partial charge in [0, 0.05) is 17.1 Å². The van der Waals surface area contributed by atoms with Gasteiger partial charge in [-0.25, -0.2) is 0 Å². The summed E-state index contributed by atoms with van der Waals surface area (Å²) in [6.45, 7) is 5.80. The van der Waals surface area contributed by atoms with Crippen molar-refractivity contribution in [3.63, 3.8) is 0 Å². The van der Waals surface area contributed by atoms with Gasteiger partial charge in [0.1, 0.15) is 6.10 Å². The monoisotopic (exact) mass is 335 g/mol. The summed E-state index contributed by atoms with van der Waals surface area (Å²) in [5.41, 5.74) is 1.90. The maximum Gasteiger partial charge on any atom is 0.251 e. The molecule has 0 aliphatic carbocycles. The molecule has 1 N–H and O–H groups in total. The number of allylic oxidation sites excluding steroid dienone is 1. The quantitative estimate of drug-likeness (QED) is 0.640. The van der Waals surface area contributed by atoms with Crippen LogP contribution in [0.2, 0.25) is 0 Å². The summed E-state index contributed by atoms with van der Waals surface area (Å²) >= 11 is 1.66. The Morgan fingerprint density at radius 2 is 2.13 bits per heavy atom. The first-order valence-corrected chi connectivity index (χ1v) is 9.10. The van der Waals surface area contributed by atoms with E-state index in [1.807, 2.05) is 50.4 Å². The van der Waals surface area contributed by atoms with Crippen LogP contribution >= 0.6 is 11.8 Å². The van der Waals surface area contributed by atoms with Crippen molar-refractivity contribution in [1.82, 2.24) is 5.32 Å². The minimum atomic E-state index is -0.103. The Morgan fingerprint density at radius 1 is 1.39 bits per heavy atom. The third-order valence-electron chi connectivity index (χ3n) is 3.77. The van der Waals surface area contributed by atoms with E-state index in [0.717, 1.165) is 11.3 Å².